The first-order chi connectivity index (χ1) is 13.5. The van der Waals surface area contributed by atoms with Crippen LogP contribution in [0.2, 0.25) is 5.02 Å². The summed E-state index contributed by atoms with van der Waals surface area (Å²) in [5, 5.41) is 3.23. The topological polar surface area (TPSA) is 73.9 Å². The lowest BCUT2D eigenvalue weighted by Crippen LogP contribution is -2.21. The highest BCUT2D eigenvalue weighted by Gasteiger charge is 2.10. The fraction of sp³-hybridized carbons (Fsp3) is 0.333. The summed E-state index contributed by atoms with van der Waals surface area (Å²) in [6.45, 7) is 4.24. The van der Waals surface area contributed by atoms with Crippen LogP contribution in [0.1, 0.15) is 25.3 Å². The molecule has 2 rings (SSSR count). The van der Waals surface area contributed by atoms with Crippen LogP contribution in [0.3, 0.4) is 0 Å². The average molecular weight is 406 g/mol. The molecule has 7 heteroatoms. The maximum absolute atomic E-state index is 11.9. The molecule has 1 amide bonds. The zero-order valence-corrected chi connectivity index (χ0v) is 16.8. The number of para-hydroxylation sites is 2. The van der Waals surface area contributed by atoms with E-state index in [1.54, 1.807) is 25.1 Å². The van der Waals surface area contributed by atoms with Crippen LogP contribution in [-0.2, 0) is 14.3 Å². The molecule has 0 aliphatic carbocycles. The number of hydrogen-bond donors (Lipinski definition) is 1. The fourth-order valence-corrected chi connectivity index (χ4v) is 2.56. The number of ether oxygens (including phenoxy) is 3. The lowest BCUT2D eigenvalue weighted by Gasteiger charge is -2.11. The van der Waals surface area contributed by atoms with Crippen molar-refractivity contribution < 1.29 is 23.8 Å². The normalized spacial score (nSPS) is 10.2. The number of rotatable bonds is 10. The molecule has 0 radical (unpaired) electrons. The maximum atomic E-state index is 11.9. The second kappa shape index (κ2) is 11.2. The van der Waals surface area contributed by atoms with E-state index >= 15 is 0 Å². The van der Waals surface area contributed by atoms with Gasteiger partial charge in [-0.05, 0) is 50.1 Å². The second-order valence-corrected chi connectivity index (χ2v) is 6.36. The summed E-state index contributed by atoms with van der Waals surface area (Å²) in [7, 11) is 0. The van der Waals surface area contributed by atoms with Gasteiger partial charge in [0.25, 0.3) is 5.91 Å². The van der Waals surface area contributed by atoms with Crippen molar-refractivity contribution in [3.05, 3.63) is 53.1 Å². The highest BCUT2D eigenvalue weighted by atomic mass is 35.5. The van der Waals surface area contributed by atoms with Crippen molar-refractivity contribution in [3.63, 3.8) is 0 Å². The van der Waals surface area contributed by atoms with Crippen molar-refractivity contribution >= 4 is 29.2 Å². The number of amides is 1. The predicted molar refractivity (Wildman–Crippen MR) is 108 cm³/mol. The maximum Gasteiger partial charge on any atom is 0.306 e. The van der Waals surface area contributed by atoms with E-state index < -0.39 is 11.9 Å². The van der Waals surface area contributed by atoms with Gasteiger partial charge in [-0.25, -0.2) is 0 Å². The minimum atomic E-state index is -0.459. The van der Waals surface area contributed by atoms with Crippen LogP contribution in [0.4, 0.5) is 5.69 Å². The Morgan fingerprint density at radius 3 is 2.46 bits per heavy atom. The van der Waals surface area contributed by atoms with Crippen molar-refractivity contribution in [3.8, 4) is 11.5 Å². The van der Waals surface area contributed by atoms with Gasteiger partial charge in [0.05, 0.1) is 13.2 Å². The molecule has 0 spiro atoms. The summed E-state index contributed by atoms with van der Waals surface area (Å²) in [6.07, 6.45) is 0.620. The van der Waals surface area contributed by atoms with Crippen LogP contribution < -0.4 is 14.8 Å². The van der Waals surface area contributed by atoms with Crippen molar-refractivity contribution in [2.24, 2.45) is 0 Å². The van der Waals surface area contributed by atoms with Gasteiger partial charge in [0, 0.05) is 17.1 Å². The van der Waals surface area contributed by atoms with Gasteiger partial charge in [-0.15, -0.1) is 0 Å². The average Bonchev–Trinajstić information content (AvgIpc) is 2.68. The third kappa shape index (κ3) is 6.78. The first-order valence-corrected chi connectivity index (χ1v) is 9.44. The Morgan fingerprint density at radius 2 is 1.75 bits per heavy atom. The highest BCUT2D eigenvalue weighted by molar-refractivity contribution is 6.31. The van der Waals surface area contributed by atoms with E-state index in [0.717, 1.165) is 5.56 Å². The predicted octanol–water partition coefficient (Wildman–Crippen LogP) is 4.39. The van der Waals surface area contributed by atoms with Gasteiger partial charge in [0.2, 0.25) is 0 Å². The van der Waals surface area contributed by atoms with Crippen molar-refractivity contribution in [1.29, 1.82) is 0 Å². The monoisotopic (exact) mass is 405 g/mol. The molecule has 0 saturated carbocycles. The Hall–Kier alpha value is -2.73. The van der Waals surface area contributed by atoms with Crippen LogP contribution in [0.25, 0.3) is 0 Å². The number of carbonyl (C=O) groups excluding carboxylic acids is 2. The van der Waals surface area contributed by atoms with Crippen LogP contribution in [0, 0.1) is 6.92 Å². The summed E-state index contributed by atoms with van der Waals surface area (Å²) in [5.74, 6) is 0.426. The van der Waals surface area contributed by atoms with Gasteiger partial charge in [0.1, 0.15) is 0 Å². The Bertz CT molecular complexity index is 809. The molecule has 1 N–H and O–H groups in total. The molecule has 0 bridgehead atoms. The number of esters is 1. The Morgan fingerprint density at radius 1 is 1.04 bits per heavy atom. The largest absolute Gasteiger partial charge is 0.490 e. The van der Waals surface area contributed by atoms with E-state index in [2.05, 4.69) is 5.32 Å². The first kappa shape index (κ1) is 21.6. The summed E-state index contributed by atoms with van der Waals surface area (Å²) < 4.78 is 16.1. The third-order valence-electron chi connectivity index (χ3n) is 3.84. The van der Waals surface area contributed by atoms with E-state index in [1.165, 1.54) is 0 Å². The van der Waals surface area contributed by atoms with E-state index in [-0.39, 0.29) is 13.0 Å². The quantitative estimate of drug-likeness (QED) is 0.468. The highest BCUT2D eigenvalue weighted by Crippen LogP contribution is 2.26. The first-order valence-electron chi connectivity index (χ1n) is 9.06. The van der Waals surface area contributed by atoms with Gasteiger partial charge in [0.15, 0.2) is 18.1 Å². The third-order valence-corrected chi connectivity index (χ3v) is 4.25. The molecule has 0 atom stereocenters. The van der Waals surface area contributed by atoms with E-state index in [1.807, 2.05) is 31.2 Å². The van der Waals surface area contributed by atoms with Gasteiger partial charge < -0.3 is 19.5 Å². The molecule has 28 heavy (non-hydrogen) atoms. The molecule has 0 unspecified atom stereocenters. The van der Waals surface area contributed by atoms with Gasteiger partial charge in [-0.2, -0.15) is 0 Å². The van der Waals surface area contributed by atoms with Crippen LogP contribution in [0.5, 0.6) is 11.5 Å². The number of nitrogens with one attached hydrogen (secondary N) is 1. The number of halogens is 1. The van der Waals surface area contributed by atoms with E-state index in [9.17, 15) is 9.59 Å². The van der Waals surface area contributed by atoms with Crippen LogP contribution in [0.15, 0.2) is 42.5 Å². The Kier molecular flexibility index (Phi) is 8.62. The molecule has 0 aliphatic heterocycles. The molecule has 150 valence electrons. The summed E-state index contributed by atoms with van der Waals surface area (Å²) in [5.41, 5.74) is 1.35. The van der Waals surface area contributed by atoms with E-state index in [4.69, 9.17) is 25.8 Å². The molecule has 0 aliphatic rings. The lowest BCUT2D eigenvalue weighted by atomic mass is 10.2. The number of benzene rings is 2. The molecule has 0 saturated heterocycles. The summed E-state index contributed by atoms with van der Waals surface area (Å²) in [6, 6.07) is 12.6. The van der Waals surface area contributed by atoms with Crippen molar-refractivity contribution in [2.75, 3.05) is 25.1 Å². The van der Waals surface area contributed by atoms with Crippen LogP contribution in [-0.4, -0.2) is 31.7 Å². The van der Waals surface area contributed by atoms with Gasteiger partial charge in [-0.1, -0.05) is 29.8 Å². The van der Waals surface area contributed by atoms with Crippen LogP contribution >= 0.6 is 11.6 Å². The van der Waals surface area contributed by atoms with E-state index in [0.29, 0.717) is 41.8 Å². The molecule has 0 aromatic heterocycles. The molecule has 2 aromatic carbocycles. The number of anilines is 1. The van der Waals surface area contributed by atoms with Gasteiger partial charge in [-0.3, -0.25) is 9.59 Å². The Labute approximate surface area is 169 Å². The standard InChI is InChI=1S/C21H24ClNO5/c1-3-26-18-10-4-5-11-19(18)27-13-7-12-21(25)28-14-20(24)23-17-9-6-8-16(22)15(17)2/h4-6,8-11H,3,7,12-14H2,1-2H3,(H,23,24). The zero-order valence-electron chi connectivity index (χ0n) is 16.0. The fourth-order valence-electron chi connectivity index (χ4n) is 2.39. The summed E-state index contributed by atoms with van der Waals surface area (Å²) >= 11 is 6.01. The Balaban J connectivity index is 1.67. The molecular formula is C21H24ClNO5. The lowest BCUT2D eigenvalue weighted by molar-refractivity contribution is -0.147. The number of hydrogen-bond acceptors (Lipinski definition) is 5. The number of carbonyl (C=O) groups is 2. The molecule has 6 nitrogen and oxygen atoms in total. The smallest absolute Gasteiger partial charge is 0.306 e. The second-order valence-electron chi connectivity index (χ2n) is 5.95. The van der Waals surface area contributed by atoms with Crippen molar-refractivity contribution in [2.45, 2.75) is 26.7 Å². The molecule has 0 heterocycles. The molecule has 2 aromatic rings. The minimum Gasteiger partial charge on any atom is -0.490 e. The van der Waals surface area contributed by atoms with Gasteiger partial charge >= 0.3 is 5.97 Å². The zero-order chi connectivity index (χ0) is 20.4. The molecular weight excluding hydrogens is 382 g/mol. The van der Waals surface area contributed by atoms with Crippen molar-refractivity contribution in [1.82, 2.24) is 0 Å². The SMILES string of the molecule is CCOc1ccccc1OCCCC(=O)OCC(=O)Nc1cccc(Cl)c1C. The molecule has 0 fully saturated rings. The minimum absolute atomic E-state index is 0.153. The summed E-state index contributed by atoms with van der Waals surface area (Å²) in [4.78, 5) is 23.7.